The van der Waals surface area contributed by atoms with Crippen molar-refractivity contribution >= 4 is 28.5 Å². The SMILES string of the molecule is COc1cc(OC)c(C=C(C(=O)c2ccccc2)c2nc3ccccc3[nH]2)c(OC)c1. The fourth-order valence-corrected chi connectivity index (χ4v) is 3.39. The quantitative estimate of drug-likeness (QED) is 0.340. The van der Waals surface area contributed by atoms with Crippen molar-refractivity contribution in [2.24, 2.45) is 0 Å². The Kier molecular flexibility index (Phi) is 5.71. The highest BCUT2D eigenvalue weighted by Gasteiger charge is 2.21. The van der Waals surface area contributed by atoms with Crippen molar-refractivity contribution in [1.29, 1.82) is 0 Å². The van der Waals surface area contributed by atoms with Gasteiger partial charge in [0.1, 0.15) is 23.1 Å². The lowest BCUT2D eigenvalue weighted by molar-refractivity contribution is 0.105. The van der Waals surface area contributed by atoms with E-state index in [2.05, 4.69) is 9.97 Å². The van der Waals surface area contributed by atoms with E-state index in [1.54, 1.807) is 51.7 Å². The minimum Gasteiger partial charge on any atom is -0.496 e. The van der Waals surface area contributed by atoms with E-state index in [4.69, 9.17) is 14.2 Å². The summed E-state index contributed by atoms with van der Waals surface area (Å²) in [7, 11) is 4.69. The maximum Gasteiger partial charge on any atom is 0.196 e. The van der Waals surface area contributed by atoms with Gasteiger partial charge in [0.05, 0.1) is 43.5 Å². The number of para-hydroxylation sites is 2. The molecule has 3 aromatic carbocycles. The Balaban J connectivity index is 1.95. The van der Waals surface area contributed by atoms with E-state index in [1.807, 2.05) is 42.5 Å². The van der Waals surface area contributed by atoms with Gasteiger partial charge in [0.2, 0.25) is 0 Å². The molecule has 156 valence electrons. The molecule has 0 amide bonds. The number of aromatic amines is 1. The van der Waals surface area contributed by atoms with E-state index in [9.17, 15) is 4.79 Å². The number of carbonyl (C=O) groups is 1. The fourth-order valence-electron chi connectivity index (χ4n) is 3.39. The van der Waals surface area contributed by atoms with E-state index < -0.39 is 0 Å². The highest BCUT2D eigenvalue weighted by molar-refractivity contribution is 6.32. The molecule has 0 fully saturated rings. The Labute approximate surface area is 180 Å². The molecule has 4 aromatic rings. The Hall–Kier alpha value is -4.06. The standard InChI is InChI=1S/C25H22N2O4/c1-29-17-13-22(30-2)18(23(14-17)31-3)15-19(24(28)16-9-5-4-6-10-16)25-26-20-11-7-8-12-21(20)27-25/h4-15H,1-3H3,(H,26,27). The van der Waals surface area contributed by atoms with Crippen LogP contribution < -0.4 is 14.2 Å². The summed E-state index contributed by atoms with van der Waals surface area (Å²) in [6.07, 6.45) is 1.74. The van der Waals surface area contributed by atoms with E-state index in [0.717, 1.165) is 11.0 Å². The van der Waals surface area contributed by atoms with Crippen LogP contribution >= 0.6 is 0 Å². The average Bonchev–Trinajstić information content (AvgIpc) is 3.26. The van der Waals surface area contributed by atoms with Gasteiger partial charge < -0.3 is 19.2 Å². The maximum absolute atomic E-state index is 13.5. The molecule has 31 heavy (non-hydrogen) atoms. The Morgan fingerprint density at radius 3 is 2.13 bits per heavy atom. The summed E-state index contributed by atoms with van der Waals surface area (Å²) in [6, 6.07) is 20.2. The number of benzene rings is 3. The Bertz CT molecular complexity index is 1200. The lowest BCUT2D eigenvalue weighted by atomic mass is 9.99. The van der Waals surface area contributed by atoms with Crippen LogP contribution in [0.2, 0.25) is 0 Å². The highest BCUT2D eigenvalue weighted by atomic mass is 16.5. The summed E-state index contributed by atoms with van der Waals surface area (Å²) in [6.45, 7) is 0. The van der Waals surface area contributed by atoms with Crippen LogP contribution in [-0.2, 0) is 0 Å². The molecule has 6 nitrogen and oxygen atoms in total. The molecule has 0 spiro atoms. The van der Waals surface area contributed by atoms with Gasteiger partial charge in [0.25, 0.3) is 0 Å². The first-order valence-corrected chi connectivity index (χ1v) is 9.71. The van der Waals surface area contributed by atoms with Crippen LogP contribution in [0.15, 0.2) is 66.7 Å². The number of hydrogen-bond acceptors (Lipinski definition) is 5. The zero-order chi connectivity index (χ0) is 21.8. The van der Waals surface area contributed by atoms with Crippen LogP contribution in [0.25, 0.3) is 22.7 Å². The number of carbonyl (C=O) groups excluding carboxylic acids is 1. The van der Waals surface area contributed by atoms with E-state index in [0.29, 0.717) is 39.8 Å². The number of nitrogens with zero attached hydrogens (tertiary/aromatic N) is 1. The van der Waals surface area contributed by atoms with Gasteiger partial charge in [0.15, 0.2) is 5.78 Å². The molecule has 1 heterocycles. The third kappa shape index (κ3) is 4.00. The molecule has 1 N–H and O–H groups in total. The molecular weight excluding hydrogens is 392 g/mol. The number of methoxy groups -OCH3 is 3. The van der Waals surface area contributed by atoms with Gasteiger partial charge >= 0.3 is 0 Å². The minimum absolute atomic E-state index is 0.167. The van der Waals surface area contributed by atoms with Crippen LogP contribution in [0.5, 0.6) is 17.2 Å². The molecule has 0 aliphatic heterocycles. The molecule has 0 saturated heterocycles. The number of hydrogen-bond donors (Lipinski definition) is 1. The number of imidazole rings is 1. The summed E-state index contributed by atoms with van der Waals surface area (Å²) in [5.74, 6) is 1.93. The molecule has 1 aromatic heterocycles. The topological polar surface area (TPSA) is 73.4 Å². The van der Waals surface area contributed by atoms with E-state index in [-0.39, 0.29) is 5.78 Å². The first kappa shape index (κ1) is 20.2. The Morgan fingerprint density at radius 2 is 1.52 bits per heavy atom. The molecule has 0 aliphatic rings. The summed E-state index contributed by atoms with van der Waals surface area (Å²) in [4.78, 5) is 21.4. The van der Waals surface area contributed by atoms with Crippen molar-refractivity contribution in [1.82, 2.24) is 9.97 Å². The number of allylic oxidation sites excluding steroid dienone is 1. The zero-order valence-electron chi connectivity index (χ0n) is 17.5. The molecule has 0 atom stereocenters. The number of H-pyrrole nitrogens is 1. The molecule has 0 bridgehead atoms. The monoisotopic (exact) mass is 414 g/mol. The van der Waals surface area contributed by atoms with Gasteiger partial charge in [-0.15, -0.1) is 0 Å². The van der Waals surface area contributed by atoms with Gasteiger partial charge in [-0.25, -0.2) is 4.98 Å². The molecule has 6 heteroatoms. The molecule has 0 aliphatic carbocycles. The number of rotatable bonds is 7. The van der Waals surface area contributed by atoms with Crippen LogP contribution in [0.3, 0.4) is 0 Å². The van der Waals surface area contributed by atoms with E-state index in [1.165, 1.54) is 0 Å². The highest BCUT2D eigenvalue weighted by Crippen LogP contribution is 2.37. The lowest BCUT2D eigenvalue weighted by Gasteiger charge is -2.14. The third-order valence-electron chi connectivity index (χ3n) is 4.97. The van der Waals surface area contributed by atoms with Crippen molar-refractivity contribution in [3.8, 4) is 17.2 Å². The van der Waals surface area contributed by atoms with Gasteiger partial charge in [-0.05, 0) is 18.2 Å². The van der Waals surface area contributed by atoms with Gasteiger partial charge in [-0.2, -0.15) is 0 Å². The average molecular weight is 414 g/mol. The fraction of sp³-hybridized carbons (Fsp3) is 0.120. The van der Waals surface area contributed by atoms with Crippen LogP contribution in [0.1, 0.15) is 21.7 Å². The number of ketones is 1. The Morgan fingerprint density at radius 1 is 0.871 bits per heavy atom. The summed E-state index contributed by atoms with van der Waals surface area (Å²) in [5.41, 5.74) is 3.19. The summed E-state index contributed by atoms with van der Waals surface area (Å²) in [5, 5.41) is 0. The van der Waals surface area contributed by atoms with Crippen molar-refractivity contribution in [3.05, 3.63) is 83.7 Å². The molecule has 0 unspecified atom stereocenters. The molecule has 0 radical (unpaired) electrons. The smallest absolute Gasteiger partial charge is 0.196 e. The first-order valence-electron chi connectivity index (χ1n) is 9.71. The van der Waals surface area contributed by atoms with E-state index >= 15 is 0 Å². The predicted molar refractivity (Wildman–Crippen MR) is 121 cm³/mol. The lowest BCUT2D eigenvalue weighted by Crippen LogP contribution is -2.05. The zero-order valence-corrected chi connectivity index (χ0v) is 17.5. The van der Waals surface area contributed by atoms with Gasteiger partial charge in [0, 0.05) is 17.7 Å². The van der Waals surface area contributed by atoms with Crippen molar-refractivity contribution in [2.75, 3.05) is 21.3 Å². The minimum atomic E-state index is -0.167. The number of nitrogens with one attached hydrogen (secondary N) is 1. The van der Waals surface area contributed by atoms with Crippen LogP contribution in [0.4, 0.5) is 0 Å². The molecular formula is C25H22N2O4. The number of aromatic nitrogens is 2. The predicted octanol–water partition coefficient (Wildman–Crippen LogP) is 5.01. The van der Waals surface area contributed by atoms with Crippen molar-refractivity contribution in [2.45, 2.75) is 0 Å². The van der Waals surface area contributed by atoms with Gasteiger partial charge in [-0.3, -0.25) is 4.79 Å². The third-order valence-corrected chi connectivity index (χ3v) is 4.97. The second-order valence-electron chi connectivity index (χ2n) is 6.80. The first-order chi connectivity index (χ1) is 15.1. The van der Waals surface area contributed by atoms with Crippen molar-refractivity contribution < 1.29 is 19.0 Å². The summed E-state index contributed by atoms with van der Waals surface area (Å²) >= 11 is 0. The summed E-state index contributed by atoms with van der Waals surface area (Å²) < 4.78 is 16.5. The van der Waals surface area contributed by atoms with Crippen molar-refractivity contribution in [3.63, 3.8) is 0 Å². The van der Waals surface area contributed by atoms with Crippen LogP contribution in [0, 0.1) is 0 Å². The number of ether oxygens (including phenoxy) is 3. The number of Topliss-reactive ketones (excluding diaryl/α,β-unsaturated/α-hetero) is 1. The largest absolute Gasteiger partial charge is 0.496 e. The number of fused-ring (bicyclic) bond motifs is 1. The van der Waals surface area contributed by atoms with Crippen LogP contribution in [-0.4, -0.2) is 37.1 Å². The molecule has 0 saturated carbocycles. The maximum atomic E-state index is 13.5. The second kappa shape index (κ2) is 8.75. The molecule has 4 rings (SSSR count). The van der Waals surface area contributed by atoms with Gasteiger partial charge in [-0.1, -0.05) is 42.5 Å². The second-order valence-corrected chi connectivity index (χ2v) is 6.80. The normalized spacial score (nSPS) is 11.4.